The maximum atomic E-state index is 12.2. The van der Waals surface area contributed by atoms with E-state index in [2.05, 4.69) is 32.1 Å². The molecule has 0 saturated carbocycles. The first-order valence-corrected chi connectivity index (χ1v) is 8.68. The summed E-state index contributed by atoms with van der Waals surface area (Å²) in [4.78, 5) is 38.7. The molecule has 1 N–H and O–H groups in total. The van der Waals surface area contributed by atoms with Gasteiger partial charge in [-0.05, 0) is 19.9 Å². The molecule has 8 heteroatoms. The van der Waals surface area contributed by atoms with Gasteiger partial charge in [-0.2, -0.15) is 0 Å². The Labute approximate surface area is 148 Å². The van der Waals surface area contributed by atoms with Crippen molar-refractivity contribution in [3.8, 4) is 0 Å². The molecule has 8 nitrogen and oxygen atoms in total. The minimum Gasteiger partial charge on any atom is -0.356 e. The van der Waals surface area contributed by atoms with Crippen molar-refractivity contribution in [1.82, 2.24) is 25.1 Å². The van der Waals surface area contributed by atoms with E-state index in [1.54, 1.807) is 20.3 Å². The second kappa shape index (κ2) is 6.95. The van der Waals surface area contributed by atoms with E-state index in [9.17, 15) is 9.59 Å². The number of carbonyl (C=O) groups is 2. The van der Waals surface area contributed by atoms with Gasteiger partial charge >= 0.3 is 0 Å². The van der Waals surface area contributed by atoms with Gasteiger partial charge in [-0.15, -0.1) is 0 Å². The van der Waals surface area contributed by atoms with Crippen molar-refractivity contribution in [3.63, 3.8) is 0 Å². The molecule has 1 unspecified atom stereocenters. The Bertz CT molecular complexity index is 664. The molecule has 2 fully saturated rings. The molecule has 1 atom stereocenters. The molecule has 2 aliphatic rings. The summed E-state index contributed by atoms with van der Waals surface area (Å²) in [6.07, 6.45) is 5.51. The van der Waals surface area contributed by atoms with Crippen LogP contribution in [0.5, 0.6) is 0 Å². The number of hydrogen-bond donors (Lipinski definition) is 1. The molecule has 25 heavy (non-hydrogen) atoms. The number of amides is 2. The summed E-state index contributed by atoms with van der Waals surface area (Å²) in [5.41, 5.74) is 0.300. The summed E-state index contributed by atoms with van der Waals surface area (Å²) in [5.74, 6) is 0.701. The first kappa shape index (κ1) is 17.6. The number of hydrogen-bond acceptors (Lipinski definition) is 6. The minimum atomic E-state index is -0.151. The molecule has 1 aromatic rings. The molecule has 1 aromatic heterocycles. The minimum absolute atomic E-state index is 0.0549. The van der Waals surface area contributed by atoms with Gasteiger partial charge in [0, 0.05) is 52.2 Å². The largest absolute Gasteiger partial charge is 0.356 e. The first-order valence-electron chi connectivity index (χ1n) is 8.68. The number of nitrogens with zero attached hydrogens (tertiary/aromatic N) is 5. The molecule has 136 valence electrons. The van der Waals surface area contributed by atoms with Gasteiger partial charge in [0.05, 0.1) is 12.4 Å². The zero-order valence-corrected chi connectivity index (χ0v) is 15.2. The zero-order valence-electron chi connectivity index (χ0n) is 15.2. The Morgan fingerprint density at radius 3 is 2.84 bits per heavy atom. The average molecular weight is 346 g/mol. The number of anilines is 1. The van der Waals surface area contributed by atoms with Crippen LogP contribution in [0.1, 0.15) is 29.8 Å². The zero-order chi connectivity index (χ0) is 18.0. The number of likely N-dealkylation sites (N-methyl/N-ethyl adjacent to an activating group) is 1. The van der Waals surface area contributed by atoms with Crippen LogP contribution in [0.25, 0.3) is 0 Å². The van der Waals surface area contributed by atoms with Gasteiger partial charge in [-0.25, -0.2) is 4.98 Å². The molecule has 3 heterocycles. The van der Waals surface area contributed by atoms with E-state index >= 15 is 0 Å². The third kappa shape index (κ3) is 3.58. The van der Waals surface area contributed by atoms with Gasteiger partial charge in [-0.3, -0.25) is 19.5 Å². The third-order valence-electron chi connectivity index (χ3n) is 5.30. The van der Waals surface area contributed by atoms with Gasteiger partial charge < -0.3 is 15.1 Å². The van der Waals surface area contributed by atoms with Crippen LogP contribution in [0.2, 0.25) is 0 Å². The number of piperazine rings is 1. The Hall–Kier alpha value is -2.22. The maximum Gasteiger partial charge on any atom is 0.273 e. The highest BCUT2D eigenvalue weighted by molar-refractivity contribution is 5.91. The summed E-state index contributed by atoms with van der Waals surface area (Å²) >= 11 is 0. The van der Waals surface area contributed by atoms with Crippen molar-refractivity contribution >= 4 is 17.6 Å². The first-order chi connectivity index (χ1) is 11.9. The molecule has 2 saturated heterocycles. The number of rotatable bonds is 2. The maximum absolute atomic E-state index is 12.2. The van der Waals surface area contributed by atoms with E-state index in [1.165, 1.54) is 11.1 Å². The van der Waals surface area contributed by atoms with Crippen LogP contribution in [-0.4, -0.2) is 84.4 Å². The lowest BCUT2D eigenvalue weighted by Crippen LogP contribution is -2.61. The smallest absolute Gasteiger partial charge is 0.273 e. The molecule has 2 amide bonds. The second-order valence-electron chi connectivity index (χ2n) is 7.13. The standard InChI is InChI=1S/C17H26N6O2/c1-21(2)16(25)13-10-18-11-14(20-13)23-9-8-22(3)17(12-23)5-4-15(24)19-7-6-17/h10-11H,4-9,12H2,1-3H3,(H,19,24). The SMILES string of the molecule is CN(C)C(=O)c1cncc(N2CCN(C)C3(CCNC(=O)CC3)C2)n1. The van der Waals surface area contributed by atoms with Gasteiger partial charge in [0.25, 0.3) is 5.91 Å². The van der Waals surface area contributed by atoms with E-state index in [4.69, 9.17) is 0 Å². The normalized spacial score (nSPS) is 24.8. The highest BCUT2D eigenvalue weighted by atomic mass is 16.2. The van der Waals surface area contributed by atoms with E-state index in [1.807, 2.05) is 0 Å². The molecule has 0 bridgehead atoms. The molecule has 0 aromatic carbocycles. The van der Waals surface area contributed by atoms with Crippen molar-refractivity contribution in [1.29, 1.82) is 0 Å². The van der Waals surface area contributed by atoms with Crippen molar-refractivity contribution < 1.29 is 9.59 Å². The fourth-order valence-electron chi connectivity index (χ4n) is 3.63. The summed E-state index contributed by atoms with van der Waals surface area (Å²) in [5, 5.41) is 2.97. The number of aromatic nitrogens is 2. The Morgan fingerprint density at radius 1 is 1.28 bits per heavy atom. The molecule has 3 rings (SSSR count). The van der Waals surface area contributed by atoms with Crippen molar-refractivity contribution in [2.24, 2.45) is 0 Å². The van der Waals surface area contributed by atoms with Crippen molar-refractivity contribution in [2.45, 2.75) is 24.8 Å². The van der Waals surface area contributed by atoms with Crippen molar-refractivity contribution in [2.75, 3.05) is 52.2 Å². The van der Waals surface area contributed by atoms with Crippen molar-refractivity contribution in [3.05, 3.63) is 18.1 Å². The summed E-state index contributed by atoms with van der Waals surface area (Å²) in [7, 11) is 5.54. The van der Waals surface area contributed by atoms with E-state index < -0.39 is 0 Å². The van der Waals surface area contributed by atoms with Gasteiger partial charge in [0.2, 0.25) is 5.91 Å². The van der Waals surface area contributed by atoms with Crippen LogP contribution >= 0.6 is 0 Å². The van der Waals surface area contributed by atoms with Crippen LogP contribution in [0.4, 0.5) is 5.82 Å². The van der Waals surface area contributed by atoms with E-state index in [-0.39, 0.29) is 17.4 Å². The fraction of sp³-hybridized carbons (Fsp3) is 0.647. The van der Waals surface area contributed by atoms with Gasteiger partial charge in [0.15, 0.2) is 0 Å². The Morgan fingerprint density at radius 2 is 2.08 bits per heavy atom. The summed E-state index contributed by atoms with van der Waals surface area (Å²) in [6.45, 7) is 3.20. The third-order valence-corrected chi connectivity index (χ3v) is 5.30. The molecule has 0 aliphatic carbocycles. The second-order valence-corrected chi connectivity index (χ2v) is 7.13. The summed E-state index contributed by atoms with van der Waals surface area (Å²) in [6, 6.07) is 0. The lowest BCUT2D eigenvalue weighted by molar-refractivity contribution is -0.120. The Kier molecular flexibility index (Phi) is 4.89. The van der Waals surface area contributed by atoms with Crippen LogP contribution in [-0.2, 0) is 4.79 Å². The Balaban J connectivity index is 1.83. The average Bonchev–Trinajstić information content (AvgIpc) is 2.79. The highest BCUT2D eigenvalue weighted by Gasteiger charge is 2.41. The van der Waals surface area contributed by atoms with Crippen LogP contribution in [0.3, 0.4) is 0 Å². The lowest BCUT2D eigenvalue weighted by atomic mass is 9.86. The predicted molar refractivity (Wildman–Crippen MR) is 94.5 cm³/mol. The number of carbonyl (C=O) groups excluding carboxylic acids is 2. The molecular formula is C17H26N6O2. The van der Waals surface area contributed by atoms with Crippen LogP contribution in [0.15, 0.2) is 12.4 Å². The monoisotopic (exact) mass is 346 g/mol. The molecular weight excluding hydrogens is 320 g/mol. The predicted octanol–water partition coefficient (Wildman–Crippen LogP) is -0.0309. The lowest BCUT2D eigenvalue weighted by Gasteiger charge is -2.49. The van der Waals surface area contributed by atoms with Gasteiger partial charge in [0.1, 0.15) is 11.5 Å². The molecule has 0 radical (unpaired) electrons. The molecule has 2 aliphatic heterocycles. The van der Waals surface area contributed by atoms with E-state index in [0.717, 1.165) is 38.3 Å². The van der Waals surface area contributed by atoms with Crippen LogP contribution in [0, 0.1) is 0 Å². The quantitative estimate of drug-likeness (QED) is 0.810. The van der Waals surface area contributed by atoms with E-state index in [0.29, 0.717) is 18.7 Å². The van der Waals surface area contributed by atoms with Crippen LogP contribution < -0.4 is 10.2 Å². The highest BCUT2D eigenvalue weighted by Crippen LogP contribution is 2.31. The number of nitrogens with one attached hydrogen (secondary N) is 1. The van der Waals surface area contributed by atoms with Gasteiger partial charge in [-0.1, -0.05) is 0 Å². The molecule has 1 spiro atoms. The summed E-state index contributed by atoms with van der Waals surface area (Å²) < 4.78 is 0. The topological polar surface area (TPSA) is 81.7 Å². The fourth-order valence-corrected chi connectivity index (χ4v) is 3.63.